The molecule has 0 bridgehead atoms. The third kappa shape index (κ3) is 5.01. The lowest BCUT2D eigenvalue weighted by Gasteiger charge is -2.37. The van der Waals surface area contributed by atoms with Gasteiger partial charge >= 0.3 is 0 Å². The minimum atomic E-state index is -0.261. The summed E-state index contributed by atoms with van der Waals surface area (Å²) in [5, 5.41) is 4.18. The second-order valence-electron chi connectivity index (χ2n) is 8.40. The lowest BCUT2D eigenvalue weighted by molar-refractivity contribution is -0.133. The van der Waals surface area contributed by atoms with Crippen molar-refractivity contribution in [3.8, 4) is 0 Å². The van der Waals surface area contributed by atoms with Crippen LogP contribution in [0.4, 0.5) is 4.39 Å². The molecule has 1 aromatic carbocycles. The highest BCUT2D eigenvalue weighted by Gasteiger charge is 2.24. The lowest BCUT2D eigenvalue weighted by Crippen LogP contribution is -2.54. The summed E-state index contributed by atoms with van der Waals surface area (Å²) in [5.41, 5.74) is 1.64. The summed E-state index contributed by atoms with van der Waals surface area (Å²) < 4.78 is 19.4. The topological polar surface area (TPSA) is 64.3 Å². The van der Waals surface area contributed by atoms with Crippen molar-refractivity contribution in [3.63, 3.8) is 0 Å². The van der Waals surface area contributed by atoms with E-state index in [1.165, 1.54) is 18.6 Å². The van der Waals surface area contributed by atoms with Gasteiger partial charge in [-0.05, 0) is 44.4 Å². The Morgan fingerprint density at radius 3 is 2.55 bits per heavy atom. The summed E-state index contributed by atoms with van der Waals surface area (Å²) >= 11 is 0. The van der Waals surface area contributed by atoms with Crippen LogP contribution in [-0.2, 0) is 11.3 Å². The van der Waals surface area contributed by atoms with Gasteiger partial charge in [0, 0.05) is 57.3 Å². The second kappa shape index (κ2) is 9.68. The van der Waals surface area contributed by atoms with Crippen molar-refractivity contribution in [2.24, 2.45) is 4.99 Å². The zero-order valence-electron chi connectivity index (χ0n) is 18.5. The average Bonchev–Trinajstić information content (AvgIpc) is 3.11. The third-order valence-corrected chi connectivity index (χ3v) is 6.36. The number of piperidine rings is 1. The number of amides is 1. The van der Waals surface area contributed by atoms with Crippen molar-refractivity contribution < 1.29 is 13.6 Å². The maximum atomic E-state index is 13.5. The van der Waals surface area contributed by atoms with Gasteiger partial charge in [-0.15, -0.1) is 0 Å². The van der Waals surface area contributed by atoms with Crippen LogP contribution in [0.1, 0.15) is 30.6 Å². The number of fused-ring (bicyclic) bond motifs is 1. The van der Waals surface area contributed by atoms with Crippen LogP contribution in [-0.4, -0.2) is 79.4 Å². The van der Waals surface area contributed by atoms with Gasteiger partial charge in [-0.3, -0.25) is 14.7 Å². The molecule has 1 amide bonds. The number of piperazine rings is 1. The van der Waals surface area contributed by atoms with Gasteiger partial charge in [-0.2, -0.15) is 0 Å². The molecule has 168 valence electrons. The summed E-state index contributed by atoms with van der Waals surface area (Å²) in [7, 11) is 1.77. The number of carbonyl (C=O) groups is 1. The first kappa shape index (κ1) is 21.6. The van der Waals surface area contributed by atoms with Crippen molar-refractivity contribution in [3.05, 3.63) is 35.3 Å². The van der Waals surface area contributed by atoms with Crippen LogP contribution in [0.2, 0.25) is 0 Å². The summed E-state index contributed by atoms with van der Waals surface area (Å²) in [6.07, 6.45) is 3.49. The Bertz CT molecular complexity index is 943. The highest BCUT2D eigenvalue weighted by atomic mass is 19.1. The molecule has 7 nitrogen and oxygen atoms in total. The van der Waals surface area contributed by atoms with E-state index in [0.717, 1.165) is 74.8 Å². The van der Waals surface area contributed by atoms with Crippen molar-refractivity contribution >= 4 is 22.8 Å². The number of carbonyl (C=O) groups excluding carboxylic acids is 1. The molecule has 4 rings (SSSR count). The van der Waals surface area contributed by atoms with Gasteiger partial charge < -0.3 is 19.5 Å². The van der Waals surface area contributed by atoms with E-state index in [-0.39, 0.29) is 11.7 Å². The fourth-order valence-corrected chi connectivity index (χ4v) is 4.46. The number of aryl methyl sites for hydroxylation is 1. The number of nitrogens with zero attached hydrogens (tertiary/aromatic N) is 4. The molecule has 3 heterocycles. The Balaban J connectivity index is 1.29. The molecule has 0 spiro atoms. The number of likely N-dealkylation sites (tertiary alicyclic amines) is 1. The molecule has 0 atom stereocenters. The predicted molar refractivity (Wildman–Crippen MR) is 120 cm³/mol. The first-order chi connectivity index (χ1) is 15.0. The minimum Gasteiger partial charge on any atom is -0.459 e. The number of halogens is 1. The molecule has 31 heavy (non-hydrogen) atoms. The fraction of sp³-hybridized carbons (Fsp3) is 0.565. The summed E-state index contributed by atoms with van der Waals surface area (Å²) in [5.74, 6) is 1.59. The molecular formula is C23H32FN5O2. The first-order valence-corrected chi connectivity index (χ1v) is 11.2. The van der Waals surface area contributed by atoms with E-state index >= 15 is 0 Å². The van der Waals surface area contributed by atoms with E-state index in [4.69, 9.17) is 4.42 Å². The van der Waals surface area contributed by atoms with Crippen LogP contribution in [0.5, 0.6) is 0 Å². The highest BCUT2D eigenvalue weighted by Crippen LogP contribution is 2.26. The number of hydrogen-bond acceptors (Lipinski definition) is 4. The monoisotopic (exact) mass is 429 g/mol. The summed E-state index contributed by atoms with van der Waals surface area (Å²) in [6.45, 7) is 8.06. The molecule has 2 saturated heterocycles. The molecule has 0 aliphatic carbocycles. The SMILES string of the molecule is CN=C(NCc1oc2ccc(F)cc2c1C)N1CCN(CC(=O)N2CCCCC2)CC1. The molecule has 0 radical (unpaired) electrons. The van der Waals surface area contributed by atoms with Crippen LogP contribution < -0.4 is 5.32 Å². The minimum absolute atomic E-state index is 0.257. The maximum absolute atomic E-state index is 13.5. The number of aliphatic imine (C=N–C) groups is 1. The number of rotatable bonds is 4. The lowest BCUT2D eigenvalue weighted by atomic mass is 10.1. The van der Waals surface area contributed by atoms with Crippen molar-refractivity contribution in [1.82, 2.24) is 20.0 Å². The fourth-order valence-electron chi connectivity index (χ4n) is 4.46. The number of benzene rings is 1. The van der Waals surface area contributed by atoms with Crippen LogP contribution in [0.3, 0.4) is 0 Å². The van der Waals surface area contributed by atoms with Gasteiger partial charge in [0.15, 0.2) is 5.96 Å². The molecule has 0 unspecified atom stereocenters. The molecule has 1 N–H and O–H groups in total. The van der Waals surface area contributed by atoms with E-state index in [0.29, 0.717) is 18.7 Å². The number of guanidine groups is 1. The Kier molecular flexibility index (Phi) is 6.75. The summed E-state index contributed by atoms with van der Waals surface area (Å²) in [6, 6.07) is 4.59. The molecule has 2 aliphatic heterocycles. The molecule has 0 saturated carbocycles. The Morgan fingerprint density at radius 1 is 1.10 bits per heavy atom. The Hall–Kier alpha value is -2.61. The van der Waals surface area contributed by atoms with Gasteiger partial charge in [-0.25, -0.2) is 4.39 Å². The van der Waals surface area contributed by atoms with Crippen LogP contribution in [0.25, 0.3) is 11.0 Å². The molecule has 1 aromatic heterocycles. The third-order valence-electron chi connectivity index (χ3n) is 6.36. The van der Waals surface area contributed by atoms with Crippen LogP contribution >= 0.6 is 0 Å². The van der Waals surface area contributed by atoms with E-state index in [1.54, 1.807) is 13.1 Å². The maximum Gasteiger partial charge on any atom is 0.236 e. The molecular weight excluding hydrogens is 397 g/mol. The van der Waals surface area contributed by atoms with E-state index < -0.39 is 0 Å². The standard InChI is InChI=1S/C23H32FN5O2/c1-17-19-14-18(24)6-7-20(19)31-21(17)15-26-23(25-2)29-12-10-27(11-13-29)16-22(30)28-8-4-3-5-9-28/h6-7,14H,3-5,8-13,15-16H2,1-2H3,(H,25,26). The first-order valence-electron chi connectivity index (χ1n) is 11.2. The number of hydrogen-bond donors (Lipinski definition) is 1. The van der Waals surface area contributed by atoms with Crippen LogP contribution in [0, 0.1) is 12.7 Å². The Morgan fingerprint density at radius 2 is 1.84 bits per heavy atom. The quantitative estimate of drug-likeness (QED) is 0.598. The molecule has 2 fully saturated rings. The summed E-state index contributed by atoms with van der Waals surface area (Å²) in [4.78, 5) is 23.4. The molecule has 8 heteroatoms. The zero-order chi connectivity index (χ0) is 21.8. The number of furan rings is 1. The van der Waals surface area contributed by atoms with Crippen molar-refractivity contribution in [1.29, 1.82) is 0 Å². The second-order valence-corrected chi connectivity index (χ2v) is 8.40. The van der Waals surface area contributed by atoms with Gasteiger partial charge in [0.1, 0.15) is 17.2 Å². The van der Waals surface area contributed by atoms with E-state index in [9.17, 15) is 9.18 Å². The van der Waals surface area contributed by atoms with Gasteiger partial charge in [0.2, 0.25) is 5.91 Å². The molecule has 2 aromatic rings. The normalized spacial score (nSPS) is 18.6. The smallest absolute Gasteiger partial charge is 0.236 e. The van der Waals surface area contributed by atoms with Crippen molar-refractivity contribution in [2.75, 3.05) is 52.9 Å². The van der Waals surface area contributed by atoms with Gasteiger partial charge in [-0.1, -0.05) is 0 Å². The number of nitrogens with one attached hydrogen (secondary N) is 1. The zero-order valence-corrected chi connectivity index (χ0v) is 18.5. The highest BCUT2D eigenvalue weighted by molar-refractivity contribution is 5.83. The van der Waals surface area contributed by atoms with Gasteiger partial charge in [0.05, 0.1) is 13.1 Å². The van der Waals surface area contributed by atoms with E-state index in [2.05, 4.69) is 20.1 Å². The average molecular weight is 430 g/mol. The largest absolute Gasteiger partial charge is 0.459 e. The van der Waals surface area contributed by atoms with Crippen molar-refractivity contribution in [2.45, 2.75) is 32.7 Å². The van der Waals surface area contributed by atoms with Crippen LogP contribution in [0.15, 0.2) is 27.6 Å². The molecule has 2 aliphatic rings. The predicted octanol–water partition coefficient (Wildman–Crippen LogP) is 2.59. The van der Waals surface area contributed by atoms with Gasteiger partial charge in [0.25, 0.3) is 0 Å². The van der Waals surface area contributed by atoms with E-state index in [1.807, 2.05) is 11.8 Å². The Labute approximate surface area is 182 Å².